The highest BCUT2D eigenvalue weighted by Gasteiger charge is 2.17. The molecule has 1 atom stereocenters. The van der Waals surface area contributed by atoms with Crippen molar-refractivity contribution in [1.29, 1.82) is 0 Å². The molecule has 0 aliphatic rings. The minimum Gasteiger partial charge on any atom is -0.497 e. The summed E-state index contributed by atoms with van der Waals surface area (Å²) in [5.41, 5.74) is 1.79. The van der Waals surface area contributed by atoms with Gasteiger partial charge in [0.2, 0.25) is 0 Å². The third-order valence-electron chi connectivity index (χ3n) is 3.49. The van der Waals surface area contributed by atoms with E-state index in [2.05, 4.69) is 5.32 Å². The zero-order chi connectivity index (χ0) is 17.4. The molecule has 0 aliphatic carbocycles. The van der Waals surface area contributed by atoms with Gasteiger partial charge in [0.1, 0.15) is 5.75 Å². The number of esters is 1. The average molecular weight is 327 g/mol. The van der Waals surface area contributed by atoms with E-state index >= 15 is 0 Å². The van der Waals surface area contributed by atoms with E-state index in [1.807, 2.05) is 30.3 Å². The maximum absolute atomic E-state index is 12.0. The number of carbonyl (C=O) groups excluding carboxylic acids is 2. The number of carbonyl (C=O) groups is 2. The zero-order valence-corrected chi connectivity index (χ0v) is 13.8. The molecule has 2 aromatic carbocycles. The Kier molecular flexibility index (Phi) is 6.37. The van der Waals surface area contributed by atoms with E-state index in [4.69, 9.17) is 9.47 Å². The molecule has 126 valence electrons. The first kappa shape index (κ1) is 17.5. The van der Waals surface area contributed by atoms with Crippen LogP contribution in [0.25, 0.3) is 0 Å². The molecule has 5 heteroatoms. The summed E-state index contributed by atoms with van der Waals surface area (Å²) in [5.74, 6) is -0.0368. The van der Waals surface area contributed by atoms with Crippen molar-refractivity contribution in [2.75, 3.05) is 7.11 Å². The van der Waals surface area contributed by atoms with Gasteiger partial charge in [-0.05, 0) is 30.2 Å². The predicted molar refractivity (Wildman–Crippen MR) is 90.5 cm³/mol. The summed E-state index contributed by atoms with van der Waals surface area (Å²) < 4.78 is 10.2. The molecular formula is C19H21NO4. The van der Waals surface area contributed by atoms with E-state index in [-0.39, 0.29) is 12.3 Å². The van der Waals surface area contributed by atoms with E-state index in [9.17, 15) is 9.59 Å². The number of benzene rings is 2. The summed E-state index contributed by atoms with van der Waals surface area (Å²) in [6, 6.07) is 16.7. The molecule has 0 aliphatic heterocycles. The van der Waals surface area contributed by atoms with Crippen molar-refractivity contribution in [2.45, 2.75) is 26.0 Å². The first-order chi connectivity index (χ1) is 11.6. The summed E-state index contributed by atoms with van der Waals surface area (Å²) in [6.45, 7) is 1.96. The Morgan fingerprint density at radius 1 is 1.00 bits per heavy atom. The topological polar surface area (TPSA) is 64.6 Å². The van der Waals surface area contributed by atoms with Crippen molar-refractivity contribution < 1.29 is 19.1 Å². The lowest BCUT2D eigenvalue weighted by Crippen LogP contribution is -2.35. The maximum Gasteiger partial charge on any atom is 0.311 e. The van der Waals surface area contributed by atoms with Gasteiger partial charge in [-0.3, -0.25) is 9.59 Å². The molecule has 2 aromatic rings. The Morgan fingerprint density at radius 3 is 2.29 bits per heavy atom. The Morgan fingerprint density at radius 2 is 1.67 bits per heavy atom. The molecular weight excluding hydrogens is 306 g/mol. The van der Waals surface area contributed by atoms with Gasteiger partial charge in [0.05, 0.1) is 13.5 Å². The van der Waals surface area contributed by atoms with E-state index in [0.29, 0.717) is 6.54 Å². The van der Waals surface area contributed by atoms with Gasteiger partial charge in [-0.15, -0.1) is 0 Å². The first-order valence-corrected chi connectivity index (χ1v) is 7.72. The monoisotopic (exact) mass is 327 g/mol. The van der Waals surface area contributed by atoms with Gasteiger partial charge in [0.15, 0.2) is 6.10 Å². The fourth-order valence-electron chi connectivity index (χ4n) is 2.13. The Labute approximate surface area is 141 Å². The minimum absolute atomic E-state index is 0.111. The fraction of sp³-hybridized carbons (Fsp3) is 0.263. The van der Waals surface area contributed by atoms with Crippen molar-refractivity contribution >= 4 is 11.9 Å². The number of hydrogen-bond donors (Lipinski definition) is 1. The lowest BCUT2D eigenvalue weighted by Gasteiger charge is -2.13. The summed E-state index contributed by atoms with van der Waals surface area (Å²) in [7, 11) is 1.58. The van der Waals surface area contributed by atoms with E-state index in [0.717, 1.165) is 16.9 Å². The van der Waals surface area contributed by atoms with Crippen LogP contribution in [0.4, 0.5) is 0 Å². The van der Waals surface area contributed by atoms with Crippen LogP contribution in [0.5, 0.6) is 5.75 Å². The molecule has 0 spiro atoms. The molecule has 24 heavy (non-hydrogen) atoms. The molecule has 0 saturated heterocycles. The van der Waals surface area contributed by atoms with Crippen LogP contribution in [0.1, 0.15) is 18.1 Å². The normalized spacial score (nSPS) is 11.4. The molecule has 1 amide bonds. The van der Waals surface area contributed by atoms with Gasteiger partial charge in [0, 0.05) is 6.54 Å². The second kappa shape index (κ2) is 8.72. The lowest BCUT2D eigenvalue weighted by atomic mass is 10.1. The molecule has 5 nitrogen and oxygen atoms in total. The van der Waals surface area contributed by atoms with Crippen molar-refractivity contribution in [2.24, 2.45) is 0 Å². The van der Waals surface area contributed by atoms with Gasteiger partial charge in [-0.25, -0.2) is 0 Å². The lowest BCUT2D eigenvalue weighted by molar-refractivity contribution is -0.154. The highest BCUT2D eigenvalue weighted by atomic mass is 16.5. The van der Waals surface area contributed by atoms with Crippen LogP contribution in [-0.2, 0) is 27.3 Å². The van der Waals surface area contributed by atoms with Gasteiger partial charge in [-0.2, -0.15) is 0 Å². The number of ether oxygens (including phenoxy) is 2. The minimum atomic E-state index is -0.834. The van der Waals surface area contributed by atoms with Crippen LogP contribution in [0.15, 0.2) is 54.6 Å². The Hall–Kier alpha value is -2.82. The largest absolute Gasteiger partial charge is 0.497 e. The van der Waals surface area contributed by atoms with Crippen LogP contribution in [0, 0.1) is 0 Å². The second-order valence-corrected chi connectivity index (χ2v) is 5.36. The van der Waals surface area contributed by atoms with Crippen LogP contribution in [0.2, 0.25) is 0 Å². The first-order valence-electron chi connectivity index (χ1n) is 7.72. The van der Waals surface area contributed by atoms with Crippen molar-refractivity contribution in [3.8, 4) is 5.75 Å². The second-order valence-electron chi connectivity index (χ2n) is 5.36. The SMILES string of the molecule is COc1ccc(CC(=O)O[C@@H](C)C(=O)NCc2ccccc2)cc1. The smallest absolute Gasteiger partial charge is 0.311 e. The van der Waals surface area contributed by atoms with E-state index < -0.39 is 12.1 Å². The Balaban J connectivity index is 1.78. The van der Waals surface area contributed by atoms with Crippen LogP contribution in [-0.4, -0.2) is 25.1 Å². The molecule has 0 heterocycles. The zero-order valence-electron chi connectivity index (χ0n) is 13.8. The summed E-state index contributed by atoms with van der Waals surface area (Å²) in [6.07, 6.45) is -0.722. The summed E-state index contributed by atoms with van der Waals surface area (Å²) in [5, 5.41) is 2.75. The number of hydrogen-bond acceptors (Lipinski definition) is 4. The van der Waals surface area contributed by atoms with Crippen molar-refractivity contribution in [1.82, 2.24) is 5.32 Å². The standard InChI is InChI=1S/C19H21NO4/c1-14(19(22)20-13-16-6-4-3-5-7-16)24-18(21)12-15-8-10-17(23-2)11-9-15/h3-11,14H,12-13H2,1-2H3,(H,20,22)/t14-/m0/s1. The van der Waals surface area contributed by atoms with E-state index in [1.165, 1.54) is 0 Å². The molecule has 0 saturated carbocycles. The van der Waals surface area contributed by atoms with Crippen molar-refractivity contribution in [3.05, 3.63) is 65.7 Å². The number of amides is 1. The van der Waals surface area contributed by atoms with Gasteiger partial charge < -0.3 is 14.8 Å². The third-order valence-corrected chi connectivity index (χ3v) is 3.49. The summed E-state index contributed by atoms with van der Waals surface area (Å²) >= 11 is 0. The molecule has 0 bridgehead atoms. The molecule has 0 unspecified atom stereocenters. The molecule has 0 fully saturated rings. The fourth-order valence-corrected chi connectivity index (χ4v) is 2.13. The highest BCUT2D eigenvalue weighted by molar-refractivity contribution is 5.83. The Bertz CT molecular complexity index is 668. The molecule has 0 radical (unpaired) electrons. The quantitative estimate of drug-likeness (QED) is 0.794. The maximum atomic E-state index is 12.0. The number of methoxy groups -OCH3 is 1. The number of rotatable bonds is 7. The van der Waals surface area contributed by atoms with Gasteiger partial charge in [0.25, 0.3) is 5.91 Å². The van der Waals surface area contributed by atoms with Crippen LogP contribution in [0.3, 0.4) is 0 Å². The summed E-state index contributed by atoms with van der Waals surface area (Å²) in [4.78, 5) is 23.9. The van der Waals surface area contributed by atoms with Crippen molar-refractivity contribution in [3.63, 3.8) is 0 Å². The predicted octanol–water partition coefficient (Wildman–Crippen LogP) is 2.49. The molecule has 0 aromatic heterocycles. The van der Waals surface area contributed by atoms with Crippen LogP contribution < -0.4 is 10.1 Å². The van der Waals surface area contributed by atoms with E-state index in [1.54, 1.807) is 38.3 Å². The third kappa shape index (κ3) is 5.43. The van der Waals surface area contributed by atoms with Gasteiger partial charge >= 0.3 is 5.97 Å². The average Bonchev–Trinajstić information content (AvgIpc) is 2.61. The highest BCUT2D eigenvalue weighted by Crippen LogP contribution is 2.12. The number of nitrogens with one attached hydrogen (secondary N) is 1. The van der Waals surface area contributed by atoms with Gasteiger partial charge in [-0.1, -0.05) is 42.5 Å². The molecule has 2 rings (SSSR count). The van der Waals surface area contributed by atoms with Crippen LogP contribution >= 0.6 is 0 Å². The molecule has 1 N–H and O–H groups in total.